The third kappa shape index (κ3) is 1.67. The van der Waals surface area contributed by atoms with Crippen LogP contribution in [-0.4, -0.2) is 5.91 Å². The average Bonchev–Trinajstić information content (AvgIpc) is 2.82. The maximum absolute atomic E-state index is 11.8. The number of nitrogens with two attached hydrogens (primary N) is 1. The standard InChI is InChI=1S/C15H16ClNO/c1-8-5-9-6-13-10(12(9)7-14(8)16)3-2-4-11(13)15(17)18/h5,7,11H,2-4,6H2,1H3,(H2,17,18)/i3D2,7D,11D. The van der Waals surface area contributed by atoms with Gasteiger partial charge in [0, 0.05) is 9.13 Å². The first-order valence-corrected chi connectivity index (χ1v) is 6.30. The first-order chi connectivity index (χ1) is 10.1. The fourth-order valence-corrected chi connectivity index (χ4v) is 2.81. The van der Waals surface area contributed by atoms with E-state index in [-0.39, 0.29) is 35.9 Å². The molecule has 0 heterocycles. The Hall–Kier alpha value is -1.28. The topological polar surface area (TPSA) is 43.1 Å². The number of primary amides is 1. The molecule has 0 fully saturated rings. The molecule has 18 heavy (non-hydrogen) atoms. The molecule has 2 aliphatic carbocycles. The Morgan fingerprint density at radius 2 is 2.50 bits per heavy atom. The molecule has 0 bridgehead atoms. The number of carbonyl (C=O) groups is 1. The molecule has 3 rings (SSSR count). The minimum atomic E-state index is -1.69. The van der Waals surface area contributed by atoms with Crippen molar-refractivity contribution in [3.05, 3.63) is 39.4 Å². The molecule has 0 aliphatic heterocycles. The zero-order valence-electron chi connectivity index (χ0n) is 14.1. The van der Waals surface area contributed by atoms with Gasteiger partial charge in [0.1, 0.15) is 0 Å². The van der Waals surface area contributed by atoms with Crippen molar-refractivity contribution in [2.24, 2.45) is 11.6 Å². The molecule has 3 heteroatoms. The minimum Gasteiger partial charge on any atom is -0.369 e. The van der Waals surface area contributed by atoms with Gasteiger partial charge >= 0.3 is 0 Å². The SMILES string of the molecule is [2H]c1c(Cl)c(C)cc2c1C1=C(C2)C([2H])(C(N)=O)CCC1([2H])[2H]. The first-order valence-electron chi connectivity index (χ1n) is 7.92. The number of rotatable bonds is 1. The molecule has 1 unspecified atom stereocenters. The molecule has 1 aromatic rings. The van der Waals surface area contributed by atoms with Crippen molar-refractivity contribution in [2.75, 3.05) is 0 Å². The van der Waals surface area contributed by atoms with E-state index in [0.717, 1.165) is 11.1 Å². The number of aryl methyl sites for hydroxylation is 1. The fourth-order valence-electron chi connectivity index (χ4n) is 2.67. The monoisotopic (exact) mass is 265 g/mol. The van der Waals surface area contributed by atoms with Gasteiger partial charge in [-0.15, -0.1) is 0 Å². The van der Waals surface area contributed by atoms with Crippen LogP contribution in [0.4, 0.5) is 0 Å². The number of hydrogen-bond acceptors (Lipinski definition) is 1. The Morgan fingerprint density at radius 1 is 1.72 bits per heavy atom. The molecule has 0 radical (unpaired) electrons. The van der Waals surface area contributed by atoms with E-state index < -0.39 is 18.2 Å². The zero-order chi connectivity index (χ0) is 16.4. The number of fused-ring (bicyclic) bond motifs is 2. The van der Waals surface area contributed by atoms with Crippen LogP contribution < -0.4 is 5.73 Å². The summed E-state index contributed by atoms with van der Waals surface area (Å²) in [6, 6.07) is 1.88. The van der Waals surface area contributed by atoms with Gasteiger partial charge in [0.25, 0.3) is 0 Å². The molecule has 1 atom stereocenters. The van der Waals surface area contributed by atoms with Crippen LogP contribution in [0.2, 0.25) is 5.02 Å². The Bertz CT molecular complexity index is 744. The zero-order valence-corrected chi connectivity index (χ0v) is 10.8. The molecule has 0 saturated heterocycles. The largest absolute Gasteiger partial charge is 0.369 e. The Labute approximate surface area is 117 Å². The first kappa shape index (κ1) is 8.00. The number of benzene rings is 1. The van der Waals surface area contributed by atoms with Crippen molar-refractivity contribution < 1.29 is 10.3 Å². The van der Waals surface area contributed by atoms with Gasteiger partial charge in [-0.05, 0) is 66.4 Å². The lowest BCUT2D eigenvalue weighted by atomic mass is 9.82. The molecular formula is C15H16ClNO. The number of halogens is 1. The molecule has 2 aliphatic rings. The van der Waals surface area contributed by atoms with Crippen LogP contribution in [0.25, 0.3) is 5.57 Å². The average molecular weight is 266 g/mol. The van der Waals surface area contributed by atoms with Gasteiger partial charge in [-0.1, -0.05) is 17.7 Å². The molecule has 0 spiro atoms. The summed E-state index contributed by atoms with van der Waals surface area (Å²) in [5, 5.41) is 0.281. The lowest BCUT2D eigenvalue weighted by Crippen LogP contribution is -2.27. The molecule has 0 aromatic heterocycles. The molecule has 2 nitrogen and oxygen atoms in total. The van der Waals surface area contributed by atoms with Gasteiger partial charge in [0.2, 0.25) is 5.91 Å². The Balaban J connectivity index is 2.33. The van der Waals surface area contributed by atoms with Crippen molar-refractivity contribution in [3.8, 4) is 0 Å². The van der Waals surface area contributed by atoms with Crippen molar-refractivity contribution in [3.63, 3.8) is 0 Å². The van der Waals surface area contributed by atoms with Gasteiger partial charge in [0.15, 0.2) is 0 Å². The van der Waals surface area contributed by atoms with Crippen LogP contribution in [0.1, 0.15) is 41.4 Å². The third-order valence-corrected chi connectivity index (χ3v) is 3.94. The quantitative estimate of drug-likeness (QED) is 0.832. The molecular weight excluding hydrogens is 246 g/mol. The molecule has 0 saturated carbocycles. The van der Waals surface area contributed by atoms with E-state index in [2.05, 4.69) is 0 Å². The summed E-state index contributed by atoms with van der Waals surface area (Å²) in [7, 11) is 0. The summed E-state index contributed by atoms with van der Waals surface area (Å²) in [6.07, 6.45) is -1.32. The Morgan fingerprint density at radius 3 is 3.22 bits per heavy atom. The predicted molar refractivity (Wildman–Crippen MR) is 73.3 cm³/mol. The maximum atomic E-state index is 11.8. The maximum Gasteiger partial charge on any atom is 0.224 e. The highest BCUT2D eigenvalue weighted by Gasteiger charge is 2.33. The summed E-state index contributed by atoms with van der Waals surface area (Å²) >= 11 is 6.15. The lowest BCUT2D eigenvalue weighted by Gasteiger charge is -2.22. The minimum absolute atomic E-state index is 0.0304. The van der Waals surface area contributed by atoms with Gasteiger partial charge in [-0.3, -0.25) is 4.79 Å². The second-order valence-electron chi connectivity index (χ2n) is 4.72. The van der Waals surface area contributed by atoms with Crippen LogP contribution in [0.5, 0.6) is 0 Å². The van der Waals surface area contributed by atoms with E-state index in [1.165, 1.54) is 0 Å². The number of carbonyl (C=O) groups excluding carboxylic acids is 1. The van der Waals surface area contributed by atoms with Crippen LogP contribution in [0, 0.1) is 12.8 Å². The highest BCUT2D eigenvalue weighted by Crippen LogP contribution is 2.45. The summed E-state index contributed by atoms with van der Waals surface area (Å²) in [6.45, 7) is 1.79. The van der Waals surface area contributed by atoms with E-state index in [1.54, 1.807) is 6.92 Å². The van der Waals surface area contributed by atoms with E-state index in [9.17, 15) is 4.79 Å². The van der Waals surface area contributed by atoms with Crippen LogP contribution in [0.15, 0.2) is 17.7 Å². The van der Waals surface area contributed by atoms with Crippen molar-refractivity contribution in [1.82, 2.24) is 0 Å². The van der Waals surface area contributed by atoms with Gasteiger partial charge < -0.3 is 5.73 Å². The smallest absolute Gasteiger partial charge is 0.224 e. The van der Waals surface area contributed by atoms with Gasteiger partial charge in [-0.25, -0.2) is 0 Å². The molecule has 1 amide bonds. The molecule has 1 aromatic carbocycles. The van der Waals surface area contributed by atoms with Crippen molar-refractivity contribution >= 4 is 23.1 Å². The van der Waals surface area contributed by atoms with Crippen LogP contribution in [-0.2, 0) is 11.2 Å². The van der Waals surface area contributed by atoms with Gasteiger partial charge in [-0.2, -0.15) is 0 Å². The van der Waals surface area contributed by atoms with Crippen molar-refractivity contribution in [1.29, 1.82) is 0 Å². The predicted octanol–water partition coefficient (Wildman–Crippen LogP) is 3.24. The number of amides is 1. The van der Waals surface area contributed by atoms with Crippen molar-refractivity contribution in [2.45, 2.75) is 32.6 Å². The summed E-state index contributed by atoms with van der Waals surface area (Å²) in [5.41, 5.74) is 8.01. The second kappa shape index (κ2) is 4.13. The normalized spacial score (nSPS) is 31.9. The van der Waals surface area contributed by atoms with E-state index in [0.29, 0.717) is 11.1 Å². The summed E-state index contributed by atoms with van der Waals surface area (Å²) in [4.78, 5) is 11.8. The summed E-state index contributed by atoms with van der Waals surface area (Å²) < 4.78 is 33.2. The van der Waals surface area contributed by atoms with E-state index >= 15 is 0 Å². The van der Waals surface area contributed by atoms with Gasteiger partial charge in [0.05, 0.1) is 7.26 Å². The highest BCUT2D eigenvalue weighted by atomic mass is 35.5. The summed E-state index contributed by atoms with van der Waals surface area (Å²) in [5.74, 6) is -2.37. The Kier molecular flexibility index (Phi) is 1.84. The highest BCUT2D eigenvalue weighted by molar-refractivity contribution is 6.31. The molecule has 2 N–H and O–H groups in total. The number of allylic oxidation sites excluding steroid dienone is 1. The molecule has 94 valence electrons. The fraction of sp³-hybridized carbons (Fsp3) is 0.400. The van der Waals surface area contributed by atoms with Crippen LogP contribution >= 0.6 is 11.6 Å². The number of hydrogen-bond donors (Lipinski definition) is 1. The second-order valence-corrected chi connectivity index (χ2v) is 5.09. The van der Waals surface area contributed by atoms with E-state index in [1.807, 2.05) is 6.07 Å². The lowest BCUT2D eigenvalue weighted by molar-refractivity contribution is -0.121. The van der Waals surface area contributed by atoms with Crippen LogP contribution in [0.3, 0.4) is 0 Å². The third-order valence-electron chi connectivity index (χ3n) is 3.55. The van der Waals surface area contributed by atoms with E-state index in [4.69, 9.17) is 22.8 Å².